The quantitative estimate of drug-likeness (QED) is 0.792. The Balaban J connectivity index is 1.74. The minimum Gasteiger partial charge on any atom is -0.353 e. The van der Waals surface area contributed by atoms with Gasteiger partial charge in [-0.3, -0.25) is 4.79 Å². The molecule has 21 heavy (non-hydrogen) atoms. The Morgan fingerprint density at radius 2 is 2.14 bits per heavy atom. The minimum atomic E-state index is 0.0195. The molecule has 0 aliphatic heterocycles. The van der Waals surface area contributed by atoms with Crippen LogP contribution in [0.1, 0.15) is 29.6 Å². The van der Waals surface area contributed by atoms with E-state index in [9.17, 15) is 4.79 Å². The standard InChI is InChI=1S/C16H19ClN2OS/c1-12(7-8-13-5-3-2-4-6-13)18-15(20)9-16-19-14(10-17)11-21-16/h2-6,11-12H,7-10H2,1H3,(H,18,20). The van der Waals surface area contributed by atoms with E-state index in [1.54, 1.807) is 0 Å². The first-order chi connectivity index (χ1) is 10.2. The van der Waals surface area contributed by atoms with Crippen molar-refractivity contribution in [1.82, 2.24) is 10.3 Å². The van der Waals surface area contributed by atoms with Crippen LogP contribution in [0.2, 0.25) is 0 Å². The van der Waals surface area contributed by atoms with Crippen molar-refractivity contribution >= 4 is 28.8 Å². The van der Waals surface area contributed by atoms with Gasteiger partial charge in [-0.1, -0.05) is 30.3 Å². The number of aromatic nitrogens is 1. The Morgan fingerprint density at radius 3 is 2.81 bits per heavy atom. The van der Waals surface area contributed by atoms with Crippen LogP contribution in [-0.2, 0) is 23.5 Å². The summed E-state index contributed by atoms with van der Waals surface area (Å²) in [5.74, 6) is 0.414. The first-order valence-electron chi connectivity index (χ1n) is 7.00. The van der Waals surface area contributed by atoms with E-state index in [-0.39, 0.29) is 11.9 Å². The smallest absolute Gasteiger partial charge is 0.227 e. The second kappa shape index (κ2) is 8.15. The molecule has 2 aromatic rings. The fraction of sp³-hybridized carbons (Fsp3) is 0.375. The van der Waals surface area contributed by atoms with Crippen molar-refractivity contribution in [1.29, 1.82) is 0 Å². The molecule has 0 aliphatic rings. The first-order valence-corrected chi connectivity index (χ1v) is 8.41. The number of nitrogens with one attached hydrogen (secondary N) is 1. The van der Waals surface area contributed by atoms with Crippen molar-refractivity contribution in [3.8, 4) is 0 Å². The molecule has 0 bridgehead atoms. The summed E-state index contributed by atoms with van der Waals surface area (Å²) in [6.07, 6.45) is 2.23. The summed E-state index contributed by atoms with van der Waals surface area (Å²) in [4.78, 5) is 16.2. The maximum absolute atomic E-state index is 12.0. The van der Waals surface area contributed by atoms with Crippen LogP contribution < -0.4 is 5.32 Å². The zero-order valence-electron chi connectivity index (χ0n) is 12.0. The Kier molecular flexibility index (Phi) is 6.21. The minimum absolute atomic E-state index is 0.0195. The van der Waals surface area contributed by atoms with E-state index in [0.717, 1.165) is 23.5 Å². The fourth-order valence-corrected chi connectivity index (χ4v) is 3.08. The van der Waals surface area contributed by atoms with Gasteiger partial charge in [-0.25, -0.2) is 4.98 Å². The van der Waals surface area contributed by atoms with E-state index >= 15 is 0 Å². The van der Waals surface area contributed by atoms with Crippen molar-refractivity contribution in [2.24, 2.45) is 0 Å². The van der Waals surface area contributed by atoms with Gasteiger partial charge in [0.1, 0.15) is 5.01 Å². The number of alkyl halides is 1. The number of amides is 1. The van der Waals surface area contributed by atoms with Gasteiger partial charge in [-0.15, -0.1) is 22.9 Å². The zero-order valence-corrected chi connectivity index (χ0v) is 13.6. The maximum atomic E-state index is 12.0. The van der Waals surface area contributed by atoms with Gasteiger partial charge in [0.2, 0.25) is 5.91 Å². The fourth-order valence-electron chi connectivity index (χ4n) is 2.05. The van der Waals surface area contributed by atoms with Crippen LogP contribution in [0.3, 0.4) is 0 Å². The highest BCUT2D eigenvalue weighted by Gasteiger charge is 2.11. The number of rotatable bonds is 7. The first kappa shape index (κ1) is 16.0. The number of carbonyl (C=O) groups excluding carboxylic acids is 1. The molecule has 3 nitrogen and oxygen atoms in total. The van der Waals surface area contributed by atoms with Gasteiger partial charge >= 0.3 is 0 Å². The van der Waals surface area contributed by atoms with Crippen LogP contribution in [0.5, 0.6) is 0 Å². The number of benzene rings is 1. The van der Waals surface area contributed by atoms with Gasteiger partial charge < -0.3 is 5.32 Å². The molecule has 1 unspecified atom stereocenters. The van der Waals surface area contributed by atoms with Gasteiger partial charge in [0.05, 0.1) is 18.0 Å². The van der Waals surface area contributed by atoms with Crippen molar-refractivity contribution in [3.63, 3.8) is 0 Å². The number of carbonyl (C=O) groups is 1. The van der Waals surface area contributed by atoms with Gasteiger partial charge in [-0.05, 0) is 25.3 Å². The molecule has 1 heterocycles. The molecule has 0 radical (unpaired) electrons. The summed E-state index contributed by atoms with van der Waals surface area (Å²) in [5.41, 5.74) is 2.13. The molecular weight excluding hydrogens is 304 g/mol. The van der Waals surface area contributed by atoms with E-state index in [1.165, 1.54) is 16.9 Å². The molecular formula is C16H19ClN2OS. The molecule has 112 valence electrons. The molecule has 1 N–H and O–H groups in total. The molecule has 1 atom stereocenters. The highest BCUT2D eigenvalue weighted by Crippen LogP contribution is 2.12. The third kappa shape index (κ3) is 5.48. The van der Waals surface area contributed by atoms with E-state index in [0.29, 0.717) is 12.3 Å². The molecule has 0 saturated heterocycles. The van der Waals surface area contributed by atoms with Crippen molar-refractivity contribution in [3.05, 3.63) is 52.0 Å². The molecule has 0 saturated carbocycles. The van der Waals surface area contributed by atoms with E-state index in [2.05, 4.69) is 22.4 Å². The molecule has 2 rings (SSSR count). The van der Waals surface area contributed by atoms with Crippen LogP contribution in [0, 0.1) is 0 Å². The maximum Gasteiger partial charge on any atom is 0.227 e. The van der Waals surface area contributed by atoms with Crippen LogP contribution in [0.25, 0.3) is 0 Å². The number of thiazole rings is 1. The lowest BCUT2D eigenvalue weighted by Crippen LogP contribution is -2.34. The summed E-state index contributed by atoms with van der Waals surface area (Å²) in [6.45, 7) is 2.03. The lowest BCUT2D eigenvalue weighted by Gasteiger charge is -2.13. The summed E-state index contributed by atoms with van der Waals surface area (Å²) in [6, 6.07) is 10.5. The topological polar surface area (TPSA) is 42.0 Å². The van der Waals surface area contributed by atoms with Crippen LogP contribution >= 0.6 is 22.9 Å². The Morgan fingerprint density at radius 1 is 1.38 bits per heavy atom. The highest BCUT2D eigenvalue weighted by molar-refractivity contribution is 7.09. The van der Waals surface area contributed by atoms with Gasteiger partial charge in [-0.2, -0.15) is 0 Å². The highest BCUT2D eigenvalue weighted by atomic mass is 35.5. The number of hydrogen-bond donors (Lipinski definition) is 1. The van der Waals surface area contributed by atoms with Gasteiger partial charge in [0, 0.05) is 11.4 Å². The van der Waals surface area contributed by atoms with Crippen LogP contribution in [0.4, 0.5) is 0 Å². The summed E-state index contributed by atoms with van der Waals surface area (Å²) < 4.78 is 0. The lowest BCUT2D eigenvalue weighted by molar-refractivity contribution is -0.121. The van der Waals surface area contributed by atoms with Gasteiger partial charge in [0.15, 0.2) is 0 Å². The molecule has 1 amide bonds. The van der Waals surface area contributed by atoms with Crippen molar-refractivity contribution in [2.75, 3.05) is 0 Å². The monoisotopic (exact) mass is 322 g/mol. The third-order valence-corrected chi connectivity index (χ3v) is 4.34. The predicted octanol–water partition coefficient (Wildman–Crippen LogP) is 3.56. The largest absolute Gasteiger partial charge is 0.353 e. The lowest BCUT2D eigenvalue weighted by atomic mass is 10.1. The number of nitrogens with zero attached hydrogens (tertiary/aromatic N) is 1. The van der Waals surface area contributed by atoms with Crippen LogP contribution in [0.15, 0.2) is 35.7 Å². The Bertz CT molecular complexity index is 571. The molecule has 1 aromatic carbocycles. The average Bonchev–Trinajstić information content (AvgIpc) is 2.93. The molecule has 0 aliphatic carbocycles. The molecule has 5 heteroatoms. The summed E-state index contributed by atoms with van der Waals surface area (Å²) in [7, 11) is 0. The molecule has 1 aromatic heterocycles. The molecule has 0 fully saturated rings. The second-order valence-electron chi connectivity index (χ2n) is 5.04. The molecule has 0 spiro atoms. The Hall–Kier alpha value is -1.39. The van der Waals surface area contributed by atoms with Crippen molar-refractivity contribution < 1.29 is 4.79 Å². The normalized spacial score (nSPS) is 12.1. The van der Waals surface area contributed by atoms with E-state index in [4.69, 9.17) is 11.6 Å². The van der Waals surface area contributed by atoms with E-state index in [1.807, 2.05) is 30.5 Å². The predicted molar refractivity (Wildman–Crippen MR) is 87.7 cm³/mol. The van der Waals surface area contributed by atoms with Crippen molar-refractivity contribution in [2.45, 2.75) is 38.1 Å². The number of aryl methyl sites for hydroxylation is 1. The van der Waals surface area contributed by atoms with Gasteiger partial charge in [0.25, 0.3) is 0 Å². The summed E-state index contributed by atoms with van der Waals surface area (Å²) in [5, 5.41) is 5.74. The number of halogens is 1. The van der Waals surface area contributed by atoms with E-state index < -0.39 is 0 Å². The summed E-state index contributed by atoms with van der Waals surface area (Å²) >= 11 is 7.19. The average molecular weight is 323 g/mol. The SMILES string of the molecule is CC(CCc1ccccc1)NC(=O)Cc1nc(CCl)cs1. The third-order valence-electron chi connectivity index (χ3n) is 3.16. The van der Waals surface area contributed by atoms with Crippen LogP contribution in [-0.4, -0.2) is 16.9 Å². The number of hydrogen-bond acceptors (Lipinski definition) is 3. The zero-order chi connectivity index (χ0) is 15.1. The second-order valence-corrected chi connectivity index (χ2v) is 6.25. The Labute approximate surface area is 134 Å².